The van der Waals surface area contributed by atoms with E-state index in [0.717, 1.165) is 34.6 Å². The second-order valence-electron chi connectivity index (χ2n) is 7.41. The van der Waals surface area contributed by atoms with Gasteiger partial charge in [-0.15, -0.1) is 0 Å². The van der Waals surface area contributed by atoms with Crippen LogP contribution in [-0.4, -0.2) is 31.5 Å². The van der Waals surface area contributed by atoms with E-state index in [1.54, 1.807) is 14.2 Å². The molecule has 3 atom stereocenters. The van der Waals surface area contributed by atoms with Gasteiger partial charge in [-0.05, 0) is 54.3 Å². The minimum atomic E-state index is -0.854. The molecule has 2 heterocycles. The van der Waals surface area contributed by atoms with E-state index in [9.17, 15) is 5.11 Å². The van der Waals surface area contributed by atoms with Gasteiger partial charge in [0.15, 0.2) is 5.79 Å². The van der Waals surface area contributed by atoms with Crippen molar-refractivity contribution in [3.8, 4) is 11.5 Å². The van der Waals surface area contributed by atoms with Crippen LogP contribution in [-0.2, 0) is 28.3 Å². The van der Waals surface area contributed by atoms with Crippen molar-refractivity contribution < 1.29 is 24.1 Å². The van der Waals surface area contributed by atoms with E-state index in [4.69, 9.17) is 18.9 Å². The monoisotopic (exact) mass is 370 g/mol. The van der Waals surface area contributed by atoms with E-state index >= 15 is 0 Å². The number of hydrogen-bond acceptors (Lipinski definition) is 5. The van der Waals surface area contributed by atoms with Crippen molar-refractivity contribution in [3.05, 3.63) is 58.7 Å². The molecule has 1 spiro atoms. The third kappa shape index (κ3) is 3.43. The molecular weight excluding hydrogens is 344 g/mol. The first-order chi connectivity index (χ1) is 13.0. The zero-order valence-electron chi connectivity index (χ0n) is 16.0. The van der Waals surface area contributed by atoms with Crippen LogP contribution < -0.4 is 9.47 Å². The smallest absolute Gasteiger partial charge is 0.198 e. The Kier molecular flexibility index (Phi) is 4.84. The van der Waals surface area contributed by atoms with E-state index in [2.05, 4.69) is 18.2 Å². The summed E-state index contributed by atoms with van der Waals surface area (Å²) < 4.78 is 23.1. The average molecular weight is 370 g/mol. The van der Waals surface area contributed by atoms with Gasteiger partial charge < -0.3 is 24.1 Å². The number of ether oxygens (including phenoxy) is 4. The highest BCUT2D eigenvalue weighted by atomic mass is 16.7. The largest absolute Gasteiger partial charge is 0.497 e. The van der Waals surface area contributed by atoms with Crippen molar-refractivity contribution in [2.24, 2.45) is 0 Å². The SMILES string of the molecule is COc1ccc(Cc2cc3c(cc2OC)CO[C@@]32CC(O)CC(C)O2)cc1. The van der Waals surface area contributed by atoms with Crippen molar-refractivity contribution >= 4 is 0 Å². The molecule has 0 aromatic heterocycles. The standard InChI is InChI=1S/C22H26O5/c1-14-8-18(23)12-22(27-14)20-10-16(21(25-3)11-17(20)13-26-22)9-15-4-6-19(24-2)7-5-15/h4-7,10-11,14,18,23H,8-9,12-13H2,1-3H3/t14?,18?,22-/m1/s1. The fourth-order valence-electron chi connectivity index (χ4n) is 4.17. The Bertz CT molecular complexity index is 804. The van der Waals surface area contributed by atoms with Gasteiger partial charge in [-0.2, -0.15) is 0 Å². The average Bonchev–Trinajstić information content (AvgIpc) is 2.97. The first-order valence-corrected chi connectivity index (χ1v) is 9.36. The second kappa shape index (κ2) is 7.15. The molecule has 1 fully saturated rings. The predicted molar refractivity (Wildman–Crippen MR) is 101 cm³/mol. The molecule has 0 saturated carbocycles. The summed E-state index contributed by atoms with van der Waals surface area (Å²) in [4.78, 5) is 0. The van der Waals surface area contributed by atoms with Gasteiger partial charge in [-0.3, -0.25) is 0 Å². The van der Waals surface area contributed by atoms with Gasteiger partial charge in [0.25, 0.3) is 0 Å². The lowest BCUT2D eigenvalue weighted by atomic mass is 9.89. The van der Waals surface area contributed by atoms with Crippen molar-refractivity contribution in [2.45, 2.75) is 50.8 Å². The third-order valence-corrected chi connectivity index (χ3v) is 5.43. The highest BCUT2D eigenvalue weighted by Crippen LogP contribution is 2.47. The first kappa shape index (κ1) is 18.3. The molecule has 0 bridgehead atoms. The van der Waals surface area contributed by atoms with Gasteiger partial charge in [0.05, 0.1) is 33.0 Å². The van der Waals surface area contributed by atoms with Crippen molar-refractivity contribution in [1.82, 2.24) is 0 Å². The zero-order valence-corrected chi connectivity index (χ0v) is 16.0. The molecular formula is C22H26O5. The molecule has 0 radical (unpaired) electrons. The van der Waals surface area contributed by atoms with Crippen LogP contribution in [0.1, 0.15) is 42.0 Å². The molecule has 4 rings (SSSR count). The van der Waals surface area contributed by atoms with Gasteiger partial charge in [0.2, 0.25) is 0 Å². The van der Waals surface area contributed by atoms with Crippen LogP contribution in [0.3, 0.4) is 0 Å². The van der Waals surface area contributed by atoms with E-state index in [1.807, 2.05) is 25.1 Å². The van der Waals surface area contributed by atoms with Crippen molar-refractivity contribution in [2.75, 3.05) is 14.2 Å². The van der Waals surface area contributed by atoms with Gasteiger partial charge in [-0.25, -0.2) is 0 Å². The summed E-state index contributed by atoms with van der Waals surface area (Å²) in [6.07, 6.45) is 1.35. The summed E-state index contributed by atoms with van der Waals surface area (Å²) in [5.74, 6) is 0.827. The molecule has 1 N–H and O–H groups in total. The summed E-state index contributed by atoms with van der Waals surface area (Å²) in [6.45, 7) is 2.45. The molecule has 2 aromatic carbocycles. The summed E-state index contributed by atoms with van der Waals surface area (Å²) in [7, 11) is 3.35. The van der Waals surface area contributed by atoms with Crippen LogP contribution in [0, 0.1) is 0 Å². The number of rotatable bonds is 4. The topological polar surface area (TPSA) is 57.2 Å². The molecule has 2 aliphatic rings. The lowest BCUT2D eigenvalue weighted by Gasteiger charge is -2.39. The number of methoxy groups -OCH3 is 2. The Morgan fingerprint density at radius 3 is 2.59 bits per heavy atom. The van der Waals surface area contributed by atoms with Crippen molar-refractivity contribution in [3.63, 3.8) is 0 Å². The maximum absolute atomic E-state index is 10.3. The van der Waals surface area contributed by atoms with Crippen LogP contribution in [0.2, 0.25) is 0 Å². The van der Waals surface area contributed by atoms with Gasteiger partial charge in [0, 0.05) is 18.4 Å². The van der Waals surface area contributed by atoms with E-state index in [0.29, 0.717) is 19.4 Å². The summed E-state index contributed by atoms with van der Waals surface area (Å²) in [6, 6.07) is 12.2. The number of aliphatic hydroxyl groups is 1. The normalized spacial score (nSPS) is 26.8. The second-order valence-corrected chi connectivity index (χ2v) is 7.41. The lowest BCUT2D eigenvalue weighted by molar-refractivity contribution is -0.295. The number of hydrogen-bond donors (Lipinski definition) is 1. The summed E-state index contributed by atoms with van der Waals surface area (Å²) in [5.41, 5.74) is 4.31. The Morgan fingerprint density at radius 2 is 1.93 bits per heavy atom. The molecule has 1 saturated heterocycles. The minimum Gasteiger partial charge on any atom is -0.497 e. The lowest BCUT2D eigenvalue weighted by Crippen LogP contribution is -2.43. The fourth-order valence-corrected chi connectivity index (χ4v) is 4.17. The first-order valence-electron chi connectivity index (χ1n) is 9.36. The van der Waals surface area contributed by atoms with Crippen LogP contribution in [0.4, 0.5) is 0 Å². The molecule has 0 amide bonds. The molecule has 5 heteroatoms. The zero-order chi connectivity index (χ0) is 19.0. The van der Waals surface area contributed by atoms with Gasteiger partial charge in [-0.1, -0.05) is 12.1 Å². The molecule has 5 nitrogen and oxygen atoms in total. The van der Waals surface area contributed by atoms with Crippen LogP contribution in [0.5, 0.6) is 11.5 Å². The maximum Gasteiger partial charge on any atom is 0.198 e. The Labute approximate surface area is 159 Å². The number of fused-ring (bicyclic) bond motifs is 2. The van der Waals surface area contributed by atoms with Gasteiger partial charge >= 0.3 is 0 Å². The maximum atomic E-state index is 10.3. The van der Waals surface area contributed by atoms with Crippen LogP contribution in [0.15, 0.2) is 36.4 Å². The van der Waals surface area contributed by atoms with Crippen LogP contribution >= 0.6 is 0 Å². The van der Waals surface area contributed by atoms with Crippen molar-refractivity contribution in [1.29, 1.82) is 0 Å². The molecule has 144 valence electrons. The quantitative estimate of drug-likeness (QED) is 0.892. The van der Waals surface area contributed by atoms with E-state index in [-0.39, 0.29) is 6.10 Å². The molecule has 0 aliphatic carbocycles. The van der Waals surface area contributed by atoms with E-state index < -0.39 is 11.9 Å². The highest BCUT2D eigenvalue weighted by molar-refractivity contribution is 5.48. The fraction of sp³-hybridized carbons (Fsp3) is 0.455. The predicted octanol–water partition coefficient (Wildman–Crippen LogP) is 3.54. The van der Waals surface area contributed by atoms with Crippen LogP contribution in [0.25, 0.3) is 0 Å². The number of aliphatic hydroxyl groups excluding tert-OH is 1. The summed E-state index contributed by atoms with van der Waals surface area (Å²) in [5, 5.41) is 10.3. The third-order valence-electron chi connectivity index (χ3n) is 5.43. The minimum absolute atomic E-state index is 0.0492. The van der Waals surface area contributed by atoms with E-state index in [1.165, 1.54) is 5.56 Å². The molecule has 27 heavy (non-hydrogen) atoms. The Morgan fingerprint density at radius 1 is 1.15 bits per heavy atom. The molecule has 2 aliphatic heterocycles. The Balaban J connectivity index is 1.69. The number of benzene rings is 2. The van der Waals surface area contributed by atoms with Gasteiger partial charge in [0.1, 0.15) is 11.5 Å². The Hall–Kier alpha value is -2.08. The molecule has 2 aromatic rings. The molecule has 2 unspecified atom stereocenters. The highest BCUT2D eigenvalue weighted by Gasteiger charge is 2.47. The summed E-state index contributed by atoms with van der Waals surface area (Å²) >= 11 is 0.